The fourth-order valence-corrected chi connectivity index (χ4v) is 2.55. The zero-order valence-corrected chi connectivity index (χ0v) is 10.9. The summed E-state index contributed by atoms with van der Waals surface area (Å²) in [5.41, 5.74) is 0. The molecule has 1 fully saturated rings. The van der Waals surface area contributed by atoms with Crippen LogP contribution in [-0.4, -0.2) is 35.9 Å². The minimum Gasteiger partial charge on any atom is -0.381 e. The molecule has 0 aliphatic carbocycles. The minimum atomic E-state index is 0.482. The third-order valence-corrected chi connectivity index (χ3v) is 3.57. The molecule has 1 aromatic heterocycles. The molecule has 1 aliphatic rings. The van der Waals surface area contributed by atoms with Gasteiger partial charge in [0.15, 0.2) is 0 Å². The summed E-state index contributed by atoms with van der Waals surface area (Å²) in [5, 5.41) is 3.42. The van der Waals surface area contributed by atoms with Gasteiger partial charge in [0.1, 0.15) is 5.82 Å². The van der Waals surface area contributed by atoms with E-state index in [0.717, 1.165) is 32.6 Å². The molecule has 2 unspecified atom stereocenters. The van der Waals surface area contributed by atoms with Gasteiger partial charge in [-0.25, -0.2) is 4.98 Å². The quantitative estimate of drug-likeness (QED) is 0.814. The highest BCUT2D eigenvalue weighted by atomic mass is 16.5. The van der Waals surface area contributed by atoms with E-state index in [0.29, 0.717) is 12.0 Å². The van der Waals surface area contributed by atoms with Crippen LogP contribution in [0.2, 0.25) is 0 Å². The van der Waals surface area contributed by atoms with Gasteiger partial charge in [0.25, 0.3) is 0 Å². The van der Waals surface area contributed by atoms with E-state index in [1.165, 1.54) is 12.2 Å². The van der Waals surface area contributed by atoms with Gasteiger partial charge in [-0.3, -0.25) is 0 Å². The lowest BCUT2D eigenvalue weighted by atomic mass is 9.96. The van der Waals surface area contributed by atoms with E-state index in [4.69, 9.17) is 4.74 Å². The maximum absolute atomic E-state index is 5.47. The van der Waals surface area contributed by atoms with Gasteiger partial charge >= 0.3 is 0 Å². The van der Waals surface area contributed by atoms with Crippen LogP contribution in [0.25, 0.3) is 0 Å². The van der Waals surface area contributed by atoms with Crippen molar-refractivity contribution >= 4 is 0 Å². The molecule has 0 aromatic carbocycles. The molecular formula is C13H23N3O. The van der Waals surface area contributed by atoms with Crippen LogP contribution in [0.1, 0.15) is 25.6 Å². The number of nitrogens with zero attached hydrogens (tertiary/aromatic N) is 2. The Morgan fingerprint density at radius 2 is 2.53 bits per heavy atom. The van der Waals surface area contributed by atoms with Gasteiger partial charge in [0, 0.05) is 43.9 Å². The lowest BCUT2D eigenvalue weighted by molar-refractivity contribution is 0.177. The molecule has 1 aromatic rings. The minimum absolute atomic E-state index is 0.482. The second-order valence-corrected chi connectivity index (χ2v) is 4.76. The molecule has 1 N–H and O–H groups in total. The summed E-state index contributed by atoms with van der Waals surface area (Å²) in [6.07, 6.45) is 7.30. The Balaban J connectivity index is 1.99. The Labute approximate surface area is 103 Å². The largest absolute Gasteiger partial charge is 0.381 e. The molecule has 1 saturated heterocycles. The summed E-state index contributed by atoms with van der Waals surface area (Å²) in [7, 11) is 2.04. The molecule has 4 nitrogen and oxygen atoms in total. The van der Waals surface area contributed by atoms with Gasteiger partial charge in [-0.2, -0.15) is 0 Å². The van der Waals surface area contributed by atoms with Crippen molar-refractivity contribution in [3.63, 3.8) is 0 Å². The van der Waals surface area contributed by atoms with Crippen LogP contribution in [0.4, 0.5) is 0 Å². The molecule has 1 aliphatic heterocycles. The third-order valence-electron chi connectivity index (χ3n) is 3.57. The number of rotatable bonds is 6. The highest BCUT2D eigenvalue weighted by molar-refractivity contribution is 4.97. The normalized spacial score (nSPS) is 21.9. The van der Waals surface area contributed by atoms with Crippen LogP contribution >= 0.6 is 0 Å². The van der Waals surface area contributed by atoms with Crippen LogP contribution < -0.4 is 5.32 Å². The van der Waals surface area contributed by atoms with Crippen LogP contribution in [-0.2, 0) is 17.7 Å². The average molecular weight is 237 g/mol. The molecule has 0 radical (unpaired) electrons. The van der Waals surface area contributed by atoms with Crippen molar-refractivity contribution in [2.24, 2.45) is 5.92 Å². The Morgan fingerprint density at radius 3 is 3.18 bits per heavy atom. The van der Waals surface area contributed by atoms with E-state index in [2.05, 4.69) is 28.0 Å². The number of aromatic nitrogens is 2. The molecule has 2 atom stereocenters. The first-order chi connectivity index (χ1) is 8.35. The molecule has 0 amide bonds. The van der Waals surface area contributed by atoms with Gasteiger partial charge in [-0.1, -0.05) is 6.92 Å². The van der Waals surface area contributed by atoms with Crippen molar-refractivity contribution < 1.29 is 4.74 Å². The standard InChI is InChI=1S/C13H23N3O/c1-3-6-16-7-5-15-13(16)9-12(14-2)11-4-8-17-10-11/h5,7,11-12,14H,3-4,6,8-10H2,1-2H3. The molecule has 4 heteroatoms. The molecule has 96 valence electrons. The van der Waals surface area contributed by atoms with Gasteiger partial charge in [0.05, 0.1) is 6.61 Å². The first-order valence-corrected chi connectivity index (χ1v) is 6.60. The Hall–Kier alpha value is -0.870. The van der Waals surface area contributed by atoms with Crippen LogP contribution in [0.5, 0.6) is 0 Å². The molecule has 0 bridgehead atoms. The topological polar surface area (TPSA) is 39.1 Å². The van der Waals surface area contributed by atoms with E-state index in [1.54, 1.807) is 0 Å². The van der Waals surface area contributed by atoms with Crippen LogP contribution in [0.3, 0.4) is 0 Å². The fourth-order valence-electron chi connectivity index (χ4n) is 2.55. The van der Waals surface area contributed by atoms with Crippen LogP contribution in [0.15, 0.2) is 12.4 Å². The number of ether oxygens (including phenoxy) is 1. The van der Waals surface area contributed by atoms with E-state index in [1.807, 2.05) is 13.2 Å². The number of hydrogen-bond donors (Lipinski definition) is 1. The van der Waals surface area contributed by atoms with Gasteiger partial charge in [0.2, 0.25) is 0 Å². The third kappa shape index (κ3) is 3.07. The summed E-state index contributed by atoms with van der Waals surface area (Å²) >= 11 is 0. The highest BCUT2D eigenvalue weighted by Crippen LogP contribution is 2.19. The molecule has 17 heavy (non-hydrogen) atoms. The fraction of sp³-hybridized carbons (Fsp3) is 0.769. The highest BCUT2D eigenvalue weighted by Gasteiger charge is 2.25. The number of likely N-dealkylation sites (N-methyl/N-ethyl adjacent to an activating group) is 1. The Morgan fingerprint density at radius 1 is 1.65 bits per heavy atom. The van der Waals surface area contributed by atoms with Gasteiger partial charge in [-0.15, -0.1) is 0 Å². The molecule has 2 heterocycles. The summed E-state index contributed by atoms with van der Waals surface area (Å²) in [6, 6.07) is 0.482. The SMILES string of the molecule is CCCn1ccnc1CC(NC)C1CCOC1. The monoisotopic (exact) mass is 237 g/mol. The maximum Gasteiger partial charge on any atom is 0.110 e. The van der Waals surface area contributed by atoms with Gasteiger partial charge < -0.3 is 14.6 Å². The number of imidazole rings is 1. The summed E-state index contributed by atoms with van der Waals surface area (Å²) in [4.78, 5) is 4.48. The van der Waals surface area contributed by atoms with Crippen molar-refractivity contribution in [2.75, 3.05) is 20.3 Å². The summed E-state index contributed by atoms with van der Waals surface area (Å²) in [5.74, 6) is 1.82. The van der Waals surface area contributed by atoms with E-state index in [-0.39, 0.29) is 0 Å². The number of hydrogen-bond acceptors (Lipinski definition) is 3. The van der Waals surface area contributed by atoms with Crippen molar-refractivity contribution in [3.8, 4) is 0 Å². The summed E-state index contributed by atoms with van der Waals surface area (Å²) < 4.78 is 7.73. The lowest BCUT2D eigenvalue weighted by Crippen LogP contribution is -2.36. The van der Waals surface area contributed by atoms with Crippen LogP contribution in [0, 0.1) is 5.92 Å². The van der Waals surface area contributed by atoms with E-state index >= 15 is 0 Å². The predicted molar refractivity (Wildman–Crippen MR) is 68.0 cm³/mol. The first-order valence-electron chi connectivity index (χ1n) is 6.60. The molecule has 0 spiro atoms. The van der Waals surface area contributed by atoms with Crippen molar-refractivity contribution in [3.05, 3.63) is 18.2 Å². The van der Waals surface area contributed by atoms with Crippen molar-refractivity contribution in [2.45, 2.75) is 38.8 Å². The van der Waals surface area contributed by atoms with Gasteiger partial charge in [-0.05, 0) is 19.9 Å². The Kier molecular flexibility index (Phi) is 4.57. The lowest BCUT2D eigenvalue weighted by Gasteiger charge is -2.21. The number of aryl methyl sites for hydroxylation is 1. The molecular weight excluding hydrogens is 214 g/mol. The first kappa shape index (κ1) is 12.6. The smallest absolute Gasteiger partial charge is 0.110 e. The second kappa shape index (κ2) is 6.17. The average Bonchev–Trinajstić information content (AvgIpc) is 2.97. The van der Waals surface area contributed by atoms with E-state index < -0.39 is 0 Å². The number of nitrogens with one attached hydrogen (secondary N) is 1. The van der Waals surface area contributed by atoms with Crippen molar-refractivity contribution in [1.82, 2.24) is 14.9 Å². The zero-order valence-electron chi connectivity index (χ0n) is 10.9. The molecule has 0 saturated carbocycles. The maximum atomic E-state index is 5.47. The summed E-state index contributed by atoms with van der Waals surface area (Å²) in [6.45, 7) is 5.06. The Bertz CT molecular complexity index is 331. The zero-order chi connectivity index (χ0) is 12.1. The predicted octanol–water partition coefficient (Wildman–Crippen LogP) is 1.46. The second-order valence-electron chi connectivity index (χ2n) is 4.76. The molecule has 2 rings (SSSR count). The van der Waals surface area contributed by atoms with Crippen molar-refractivity contribution in [1.29, 1.82) is 0 Å². The van der Waals surface area contributed by atoms with E-state index in [9.17, 15) is 0 Å².